The predicted octanol–water partition coefficient (Wildman–Crippen LogP) is 2.87. The molecule has 0 N–H and O–H groups in total. The zero-order valence-corrected chi connectivity index (χ0v) is 13.5. The van der Waals surface area contributed by atoms with E-state index in [4.69, 9.17) is 4.74 Å². The Morgan fingerprint density at radius 3 is 2.95 bits per heavy atom. The van der Waals surface area contributed by atoms with Gasteiger partial charge in [0.15, 0.2) is 0 Å². The van der Waals surface area contributed by atoms with Gasteiger partial charge in [0.2, 0.25) is 0 Å². The number of aryl methyl sites for hydroxylation is 1. The molecule has 0 aliphatic carbocycles. The molecule has 104 valence electrons. The van der Waals surface area contributed by atoms with Crippen molar-refractivity contribution in [3.05, 3.63) is 40.3 Å². The Kier molecular flexibility index (Phi) is 5.57. The van der Waals surface area contributed by atoms with Crippen molar-refractivity contribution < 1.29 is 4.74 Å². The maximum atomic E-state index is 6.07. The fourth-order valence-corrected chi connectivity index (χ4v) is 2.82. The molecule has 2 rings (SSSR count). The number of likely N-dealkylation sites (N-methyl/N-ethyl adjacent to an activating group) is 1. The van der Waals surface area contributed by atoms with Crippen LogP contribution in [-0.2, 0) is 11.8 Å². The number of ether oxygens (including phenoxy) is 1. The van der Waals surface area contributed by atoms with E-state index in [0.717, 1.165) is 17.7 Å². The van der Waals surface area contributed by atoms with Gasteiger partial charge in [-0.15, -0.1) is 11.3 Å². The van der Waals surface area contributed by atoms with Crippen LogP contribution in [0.5, 0.6) is 0 Å². The van der Waals surface area contributed by atoms with Crippen LogP contribution in [0.2, 0.25) is 0 Å². The van der Waals surface area contributed by atoms with Crippen molar-refractivity contribution in [3.8, 4) is 0 Å². The minimum Gasteiger partial charge on any atom is -0.365 e. The van der Waals surface area contributed by atoms with Crippen LogP contribution < -0.4 is 0 Å². The van der Waals surface area contributed by atoms with E-state index in [2.05, 4.69) is 50.5 Å². The van der Waals surface area contributed by atoms with Crippen molar-refractivity contribution in [2.75, 3.05) is 25.7 Å². The van der Waals surface area contributed by atoms with Crippen LogP contribution in [-0.4, -0.2) is 40.3 Å². The molecule has 2 heterocycles. The van der Waals surface area contributed by atoms with Gasteiger partial charge in [-0.05, 0) is 24.6 Å². The smallest absolute Gasteiger partial charge is 0.133 e. The quantitative estimate of drug-likeness (QED) is 0.572. The van der Waals surface area contributed by atoms with E-state index in [1.807, 2.05) is 24.0 Å². The molecule has 6 heteroatoms. The van der Waals surface area contributed by atoms with Gasteiger partial charge in [0.05, 0.1) is 17.8 Å². The first kappa shape index (κ1) is 14.7. The van der Waals surface area contributed by atoms with Crippen molar-refractivity contribution in [1.82, 2.24) is 14.7 Å². The number of hydrogen-bond acceptors (Lipinski definition) is 4. The summed E-state index contributed by atoms with van der Waals surface area (Å²) < 4.78 is 7.94. The average molecular weight is 344 g/mol. The fourth-order valence-electron chi connectivity index (χ4n) is 1.78. The molecule has 19 heavy (non-hydrogen) atoms. The summed E-state index contributed by atoms with van der Waals surface area (Å²) in [5, 5.41) is 6.31. The summed E-state index contributed by atoms with van der Waals surface area (Å²) in [6.45, 7) is 1.58. The van der Waals surface area contributed by atoms with Crippen LogP contribution in [0.1, 0.15) is 16.7 Å². The van der Waals surface area contributed by atoms with Gasteiger partial charge in [0.25, 0.3) is 0 Å². The molecule has 0 saturated carbocycles. The molecule has 1 atom stereocenters. The minimum absolute atomic E-state index is 0.0313. The molecule has 2 aromatic rings. The molecule has 4 nitrogen and oxygen atoms in total. The molecule has 1 unspecified atom stereocenters. The monoisotopic (exact) mass is 343 g/mol. The number of alkyl halides is 1. The van der Waals surface area contributed by atoms with Gasteiger partial charge < -0.3 is 4.74 Å². The van der Waals surface area contributed by atoms with Gasteiger partial charge in [-0.1, -0.05) is 22.0 Å². The Morgan fingerprint density at radius 2 is 2.37 bits per heavy atom. The highest BCUT2D eigenvalue weighted by Crippen LogP contribution is 2.28. The molecule has 2 aromatic heterocycles. The SMILES string of the molecule is CN(CBr)CCOC(c1cccs1)c1ccnn1C. The topological polar surface area (TPSA) is 30.3 Å². The second-order valence-electron chi connectivity index (χ2n) is 4.35. The van der Waals surface area contributed by atoms with Crippen molar-refractivity contribution in [2.45, 2.75) is 6.10 Å². The summed E-state index contributed by atoms with van der Waals surface area (Å²) in [7, 11) is 4.01. The van der Waals surface area contributed by atoms with Gasteiger partial charge >= 0.3 is 0 Å². The maximum absolute atomic E-state index is 6.07. The van der Waals surface area contributed by atoms with E-state index in [-0.39, 0.29) is 6.10 Å². The number of thiophene rings is 1. The number of aromatic nitrogens is 2. The molecule has 0 saturated heterocycles. The van der Waals surface area contributed by atoms with Gasteiger partial charge in [0, 0.05) is 24.7 Å². The highest BCUT2D eigenvalue weighted by atomic mass is 79.9. The zero-order valence-electron chi connectivity index (χ0n) is 11.1. The summed E-state index contributed by atoms with van der Waals surface area (Å²) in [5.41, 5.74) is 1.94. The second kappa shape index (κ2) is 7.19. The van der Waals surface area contributed by atoms with Crippen LogP contribution in [0.4, 0.5) is 0 Å². The number of halogens is 1. The van der Waals surface area contributed by atoms with E-state index in [0.29, 0.717) is 6.61 Å². The minimum atomic E-state index is -0.0313. The number of hydrogen-bond donors (Lipinski definition) is 0. The van der Waals surface area contributed by atoms with Crippen LogP contribution in [0.3, 0.4) is 0 Å². The first-order valence-corrected chi connectivity index (χ1v) is 8.10. The Bertz CT molecular complexity index is 486. The summed E-state index contributed by atoms with van der Waals surface area (Å²) >= 11 is 5.14. The molecule has 0 bridgehead atoms. The van der Waals surface area contributed by atoms with E-state index < -0.39 is 0 Å². The summed E-state index contributed by atoms with van der Waals surface area (Å²) in [6, 6.07) is 6.17. The van der Waals surface area contributed by atoms with E-state index in [1.165, 1.54) is 4.88 Å². The van der Waals surface area contributed by atoms with Crippen LogP contribution >= 0.6 is 27.3 Å². The molecular weight excluding hydrogens is 326 g/mol. The van der Waals surface area contributed by atoms with Crippen molar-refractivity contribution >= 4 is 27.3 Å². The number of rotatable bonds is 7. The zero-order chi connectivity index (χ0) is 13.7. The third-order valence-corrected chi connectivity index (χ3v) is 4.66. The van der Waals surface area contributed by atoms with Gasteiger partial charge in [0.1, 0.15) is 6.10 Å². The molecule has 0 fully saturated rings. The summed E-state index contributed by atoms with van der Waals surface area (Å²) in [6.07, 6.45) is 1.78. The lowest BCUT2D eigenvalue weighted by Crippen LogP contribution is -2.23. The number of nitrogens with zero attached hydrogens (tertiary/aromatic N) is 3. The normalized spacial score (nSPS) is 13.1. The van der Waals surface area contributed by atoms with Gasteiger partial charge in [-0.3, -0.25) is 9.58 Å². The van der Waals surface area contributed by atoms with Crippen LogP contribution in [0, 0.1) is 0 Å². The maximum Gasteiger partial charge on any atom is 0.133 e. The molecule has 0 amide bonds. The van der Waals surface area contributed by atoms with Gasteiger partial charge in [-0.2, -0.15) is 5.10 Å². The predicted molar refractivity (Wildman–Crippen MR) is 81.7 cm³/mol. The largest absolute Gasteiger partial charge is 0.365 e. The standard InChI is InChI=1S/C13H18BrN3OS/c1-16(10-14)7-8-18-13(12-4-3-9-19-12)11-5-6-15-17(11)2/h3-6,9,13H,7-8,10H2,1-2H3. The molecule has 0 aliphatic heterocycles. The Balaban J connectivity index is 2.06. The van der Waals surface area contributed by atoms with Crippen molar-refractivity contribution in [1.29, 1.82) is 0 Å². The van der Waals surface area contributed by atoms with Gasteiger partial charge in [-0.25, -0.2) is 0 Å². The van der Waals surface area contributed by atoms with Crippen LogP contribution in [0.25, 0.3) is 0 Å². The van der Waals surface area contributed by atoms with E-state index in [9.17, 15) is 0 Å². The molecule has 0 radical (unpaired) electrons. The molecular formula is C13H18BrN3OS. The first-order valence-electron chi connectivity index (χ1n) is 6.09. The third-order valence-electron chi connectivity index (χ3n) is 2.89. The lowest BCUT2D eigenvalue weighted by Gasteiger charge is -2.19. The second-order valence-corrected chi connectivity index (χ2v) is 5.83. The molecule has 0 aromatic carbocycles. The Labute approximate surface area is 126 Å². The Hall–Kier alpha value is -0.690. The van der Waals surface area contributed by atoms with Crippen molar-refractivity contribution in [3.63, 3.8) is 0 Å². The van der Waals surface area contributed by atoms with Crippen LogP contribution in [0.15, 0.2) is 29.8 Å². The average Bonchev–Trinajstić information content (AvgIpc) is 3.06. The summed E-state index contributed by atoms with van der Waals surface area (Å²) in [5.74, 6) is 0. The van der Waals surface area contributed by atoms with Crippen molar-refractivity contribution in [2.24, 2.45) is 7.05 Å². The molecule has 0 aliphatic rings. The highest BCUT2D eigenvalue weighted by Gasteiger charge is 2.19. The Morgan fingerprint density at radius 1 is 1.53 bits per heavy atom. The van der Waals surface area contributed by atoms with E-state index in [1.54, 1.807) is 11.3 Å². The first-order chi connectivity index (χ1) is 9.22. The molecule has 0 spiro atoms. The highest BCUT2D eigenvalue weighted by molar-refractivity contribution is 9.09. The summed E-state index contributed by atoms with van der Waals surface area (Å²) in [4.78, 5) is 3.37. The fraction of sp³-hybridized carbons (Fsp3) is 0.462. The lowest BCUT2D eigenvalue weighted by molar-refractivity contribution is 0.0653. The van der Waals surface area contributed by atoms with E-state index >= 15 is 0 Å². The lowest BCUT2D eigenvalue weighted by atomic mass is 10.2. The third kappa shape index (κ3) is 3.89.